The Morgan fingerprint density at radius 3 is 2.52 bits per heavy atom. The zero-order chi connectivity index (χ0) is 17.5. The quantitative estimate of drug-likeness (QED) is 0.545. The van der Waals surface area contributed by atoms with Gasteiger partial charge in [0.15, 0.2) is 0 Å². The van der Waals surface area contributed by atoms with Crippen LogP contribution in [-0.2, 0) is 4.79 Å². The van der Waals surface area contributed by atoms with Crippen LogP contribution in [-0.4, -0.2) is 71.4 Å². The molecule has 1 fully saturated rings. The number of carbonyl (C=O) groups excluding carboxylic acids is 1. The highest BCUT2D eigenvalue weighted by atomic mass is 32.2. The molecule has 0 saturated heterocycles. The van der Waals surface area contributed by atoms with Crippen molar-refractivity contribution >= 4 is 23.8 Å². The number of rotatable bonds is 9. The van der Waals surface area contributed by atoms with Gasteiger partial charge < -0.3 is 15.7 Å². The van der Waals surface area contributed by atoms with Crippen LogP contribution in [0.5, 0.6) is 0 Å². The van der Waals surface area contributed by atoms with Crippen molar-refractivity contribution < 1.29 is 27.9 Å². The minimum Gasteiger partial charge on any atom is -0.480 e. The summed E-state index contributed by atoms with van der Waals surface area (Å²) in [7, 11) is 0. The predicted molar refractivity (Wildman–Crippen MR) is 81.6 cm³/mol. The van der Waals surface area contributed by atoms with Gasteiger partial charge in [0.1, 0.15) is 0 Å². The molecule has 6 nitrogen and oxygen atoms in total. The number of thioether (sulfide) groups is 1. The van der Waals surface area contributed by atoms with Crippen molar-refractivity contribution in [1.29, 1.82) is 0 Å². The van der Waals surface area contributed by atoms with Gasteiger partial charge in [-0.1, -0.05) is 6.92 Å². The van der Waals surface area contributed by atoms with Crippen LogP contribution in [0.4, 0.5) is 18.0 Å². The molecule has 3 N–H and O–H groups in total. The van der Waals surface area contributed by atoms with Gasteiger partial charge >= 0.3 is 18.2 Å². The summed E-state index contributed by atoms with van der Waals surface area (Å²) in [4.78, 5) is 24.1. The smallest absolute Gasteiger partial charge is 0.397 e. The van der Waals surface area contributed by atoms with Crippen LogP contribution < -0.4 is 10.6 Å². The van der Waals surface area contributed by atoms with Crippen molar-refractivity contribution in [3.05, 3.63) is 0 Å². The first-order chi connectivity index (χ1) is 10.7. The summed E-state index contributed by atoms with van der Waals surface area (Å²) in [5.41, 5.74) is 0. The summed E-state index contributed by atoms with van der Waals surface area (Å²) in [6.45, 7) is 2.67. The molecule has 134 valence electrons. The number of alkyl halides is 3. The van der Waals surface area contributed by atoms with Crippen molar-refractivity contribution in [2.45, 2.75) is 38.0 Å². The third-order valence-corrected chi connectivity index (χ3v) is 4.53. The van der Waals surface area contributed by atoms with Gasteiger partial charge in [0.25, 0.3) is 0 Å². The molecule has 0 atom stereocenters. The number of carboxylic acid groups (broad SMARTS) is 1. The lowest BCUT2D eigenvalue weighted by Gasteiger charge is -2.42. The van der Waals surface area contributed by atoms with E-state index in [1.807, 2.05) is 11.8 Å². The van der Waals surface area contributed by atoms with Crippen LogP contribution in [0.3, 0.4) is 0 Å². The van der Waals surface area contributed by atoms with E-state index < -0.39 is 23.9 Å². The number of likely N-dealkylation sites (N-methyl/N-ethyl adjacent to an activating group) is 1. The highest BCUT2D eigenvalue weighted by molar-refractivity contribution is 7.99. The number of urea groups is 1. The number of carbonyl (C=O) groups is 2. The number of hydrogen-bond acceptors (Lipinski definition) is 4. The topological polar surface area (TPSA) is 81.7 Å². The fraction of sp³-hybridized carbons (Fsp3) is 0.846. The van der Waals surface area contributed by atoms with Crippen LogP contribution in [0.2, 0.25) is 0 Å². The van der Waals surface area contributed by atoms with E-state index in [-0.39, 0.29) is 30.9 Å². The second-order valence-corrected chi connectivity index (χ2v) is 6.45. The van der Waals surface area contributed by atoms with Crippen molar-refractivity contribution in [3.8, 4) is 0 Å². The van der Waals surface area contributed by atoms with E-state index in [9.17, 15) is 22.8 Å². The Morgan fingerprint density at radius 2 is 2.00 bits per heavy atom. The van der Waals surface area contributed by atoms with Crippen molar-refractivity contribution in [1.82, 2.24) is 15.5 Å². The maximum atomic E-state index is 11.9. The van der Waals surface area contributed by atoms with Gasteiger partial charge in [-0.15, -0.1) is 0 Å². The maximum Gasteiger partial charge on any atom is 0.397 e. The van der Waals surface area contributed by atoms with Gasteiger partial charge in [-0.05, 0) is 19.4 Å². The Morgan fingerprint density at radius 1 is 1.35 bits per heavy atom. The van der Waals surface area contributed by atoms with E-state index in [2.05, 4.69) is 10.6 Å². The van der Waals surface area contributed by atoms with Crippen molar-refractivity contribution in [2.24, 2.45) is 0 Å². The lowest BCUT2D eigenvalue weighted by molar-refractivity contribution is -0.139. The number of carboxylic acids is 1. The van der Waals surface area contributed by atoms with Crippen LogP contribution in [0.15, 0.2) is 0 Å². The molecule has 0 aromatic rings. The molecule has 0 radical (unpaired) electrons. The van der Waals surface area contributed by atoms with Gasteiger partial charge in [-0.3, -0.25) is 9.69 Å². The minimum atomic E-state index is -4.19. The Kier molecular flexibility index (Phi) is 7.97. The Balaban J connectivity index is 2.10. The normalized spacial score (nSPS) is 20.9. The van der Waals surface area contributed by atoms with E-state index in [1.165, 1.54) is 0 Å². The van der Waals surface area contributed by atoms with Crippen molar-refractivity contribution in [3.63, 3.8) is 0 Å². The molecule has 1 aliphatic carbocycles. The monoisotopic (exact) mass is 357 g/mol. The summed E-state index contributed by atoms with van der Waals surface area (Å²) in [5.74, 6) is -1.60. The summed E-state index contributed by atoms with van der Waals surface area (Å²) in [6, 6.07) is -0.281. The minimum absolute atomic E-state index is 0.0173. The number of nitrogens with one attached hydrogen (secondary N) is 2. The van der Waals surface area contributed by atoms with Gasteiger partial charge in [-0.25, -0.2) is 4.79 Å². The molecule has 2 amide bonds. The summed E-state index contributed by atoms with van der Waals surface area (Å²) < 4.78 is 35.7. The lowest BCUT2D eigenvalue weighted by atomic mass is 9.85. The van der Waals surface area contributed by atoms with E-state index in [0.717, 1.165) is 11.8 Å². The van der Waals surface area contributed by atoms with Crippen LogP contribution in [0.25, 0.3) is 0 Å². The Labute approximate surface area is 137 Å². The van der Waals surface area contributed by atoms with Gasteiger partial charge in [0.2, 0.25) is 0 Å². The number of amides is 2. The summed E-state index contributed by atoms with van der Waals surface area (Å²) >= 11 is 0.724. The van der Waals surface area contributed by atoms with Crippen molar-refractivity contribution in [2.75, 3.05) is 31.1 Å². The van der Waals surface area contributed by atoms with E-state index in [1.54, 1.807) is 0 Å². The maximum absolute atomic E-state index is 11.9. The first kappa shape index (κ1) is 19.9. The second-order valence-electron chi connectivity index (χ2n) is 5.35. The van der Waals surface area contributed by atoms with E-state index in [4.69, 9.17) is 5.11 Å². The van der Waals surface area contributed by atoms with E-state index >= 15 is 0 Å². The van der Waals surface area contributed by atoms with Gasteiger partial charge in [-0.2, -0.15) is 24.9 Å². The molecular formula is C13H22F3N3O3S. The van der Waals surface area contributed by atoms with Crippen LogP contribution >= 0.6 is 11.8 Å². The van der Waals surface area contributed by atoms with Crippen LogP contribution in [0, 0.1) is 0 Å². The predicted octanol–water partition coefficient (Wildman–Crippen LogP) is 1.52. The zero-order valence-corrected chi connectivity index (χ0v) is 13.7. The molecule has 0 aliphatic heterocycles. The molecule has 0 heterocycles. The summed E-state index contributed by atoms with van der Waals surface area (Å²) in [6.07, 6.45) is -2.83. The average Bonchev–Trinajstić information content (AvgIpc) is 2.38. The number of hydrogen-bond donors (Lipinski definition) is 3. The summed E-state index contributed by atoms with van der Waals surface area (Å²) in [5, 5.41) is 14.0. The van der Waals surface area contributed by atoms with Gasteiger partial charge in [0, 0.05) is 24.4 Å². The standard InChI is InChI=1S/C13H22F3N3O3S/c1-2-19(7-11(20)21)10-5-9(6-10)18-12(22)17-3-4-23-8-13(14,15)16/h9-10H,2-8H2,1H3,(H,20,21)(H2,17,18,22). The zero-order valence-electron chi connectivity index (χ0n) is 12.9. The highest BCUT2D eigenvalue weighted by Crippen LogP contribution is 2.25. The molecule has 1 saturated carbocycles. The SMILES string of the molecule is CCN(CC(=O)O)C1CC(NC(=O)NCCSCC(F)(F)F)C1. The highest BCUT2D eigenvalue weighted by Gasteiger charge is 2.34. The Bertz CT molecular complexity index is 404. The number of halogens is 3. The Hall–Kier alpha value is -1.16. The average molecular weight is 357 g/mol. The van der Waals surface area contributed by atoms with Crippen LogP contribution in [0.1, 0.15) is 19.8 Å². The fourth-order valence-corrected chi connectivity index (χ4v) is 2.96. The molecule has 10 heteroatoms. The van der Waals surface area contributed by atoms with E-state index in [0.29, 0.717) is 19.4 Å². The number of aliphatic carboxylic acids is 1. The lowest BCUT2D eigenvalue weighted by Crippen LogP contribution is -2.56. The molecule has 0 unspecified atom stereocenters. The molecule has 0 bridgehead atoms. The first-order valence-electron chi connectivity index (χ1n) is 7.36. The molecule has 0 aromatic heterocycles. The molecule has 0 spiro atoms. The molecule has 23 heavy (non-hydrogen) atoms. The molecular weight excluding hydrogens is 335 g/mol. The largest absolute Gasteiger partial charge is 0.480 e. The van der Waals surface area contributed by atoms with Gasteiger partial charge in [0.05, 0.1) is 12.3 Å². The molecule has 1 aliphatic rings. The first-order valence-corrected chi connectivity index (χ1v) is 8.51. The fourth-order valence-electron chi connectivity index (χ4n) is 2.34. The molecule has 0 aromatic carbocycles. The molecule has 1 rings (SSSR count). The third-order valence-electron chi connectivity index (χ3n) is 3.51. The number of nitrogens with zero attached hydrogens (tertiary/aromatic N) is 1. The second kappa shape index (κ2) is 9.21. The third kappa shape index (κ3) is 8.31.